The third-order valence-electron chi connectivity index (χ3n) is 4.10. The Labute approximate surface area is 152 Å². The number of amides is 1. The molecule has 0 aliphatic carbocycles. The van der Waals surface area contributed by atoms with Gasteiger partial charge in [0.15, 0.2) is 5.96 Å². The molecule has 142 valence electrons. The molecule has 0 bridgehead atoms. The lowest BCUT2D eigenvalue weighted by Gasteiger charge is -2.37. The van der Waals surface area contributed by atoms with E-state index in [0.29, 0.717) is 38.7 Å². The summed E-state index contributed by atoms with van der Waals surface area (Å²) in [4.78, 5) is 21.4. The van der Waals surface area contributed by atoms with Crippen LogP contribution in [0.25, 0.3) is 0 Å². The number of aliphatic imine (C=N–C) groups is 1. The fourth-order valence-electron chi connectivity index (χ4n) is 2.60. The van der Waals surface area contributed by atoms with Crippen molar-refractivity contribution in [1.29, 1.82) is 0 Å². The van der Waals surface area contributed by atoms with Gasteiger partial charge in [0, 0.05) is 52.9 Å². The van der Waals surface area contributed by atoms with Crippen molar-refractivity contribution in [3.05, 3.63) is 42.5 Å². The van der Waals surface area contributed by atoms with Crippen molar-refractivity contribution in [2.24, 2.45) is 4.99 Å². The fourth-order valence-corrected chi connectivity index (χ4v) is 2.60. The fraction of sp³-hybridized carbons (Fsp3) is 0.444. The average molecular weight is 365 g/mol. The predicted octanol–water partition coefficient (Wildman–Crippen LogP) is 1.31. The first kappa shape index (κ1) is 19.7. The number of nitrogens with zero attached hydrogens (tertiary/aromatic N) is 4. The number of hydrogen-bond acceptors (Lipinski definition) is 3. The van der Waals surface area contributed by atoms with Crippen LogP contribution in [0.4, 0.5) is 14.5 Å². The highest BCUT2D eigenvalue weighted by Gasteiger charge is 2.22. The molecular formula is C18H25F2N5O. The van der Waals surface area contributed by atoms with E-state index >= 15 is 0 Å². The number of rotatable bonds is 5. The molecule has 0 unspecified atom stereocenters. The monoisotopic (exact) mass is 365 g/mol. The number of benzene rings is 1. The van der Waals surface area contributed by atoms with Gasteiger partial charge in [-0.25, -0.2) is 13.8 Å². The summed E-state index contributed by atoms with van der Waals surface area (Å²) in [5.41, 5.74) is 0.268. The third-order valence-corrected chi connectivity index (χ3v) is 4.10. The van der Waals surface area contributed by atoms with Crippen LogP contribution in [0.1, 0.15) is 0 Å². The van der Waals surface area contributed by atoms with Crippen LogP contribution in [-0.4, -0.2) is 75.0 Å². The number of carbonyl (C=O) groups excluding carboxylic acids is 1. The summed E-state index contributed by atoms with van der Waals surface area (Å²) in [5, 5.41) is 3.14. The van der Waals surface area contributed by atoms with Gasteiger partial charge in [-0.1, -0.05) is 6.08 Å². The molecule has 1 aliphatic rings. The molecule has 0 spiro atoms. The molecule has 0 aromatic heterocycles. The molecule has 0 radical (unpaired) electrons. The number of likely N-dealkylation sites (N-methyl/N-ethyl adjacent to an activating group) is 1. The van der Waals surface area contributed by atoms with Crippen LogP contribution in [0.3, 0.4) is 0 Å². The Kier molecular flexibility index (Phi) is 6.94. The lowest BCUT2D eigenvalue weighted by atomic mass is 10.2. The van der Waals surface area contributed by atoms with Crippen LogP contribution in [0, 0.1) is 11.6 Å². The third kappa shape index (κ3) is 5.18. The number of hydrogen-bond donors (Lipinski definition) is 1. The lowest BCUT2D eigenvalue weighted by Crippen LogP contribution is -2.53. The van der Waals surface area contributed by atoms with Gasteiger partial charge >= 0.3 is 0 Å². The Morgan fingerprint density at radius 3 is 2.62 bits per heavy atom. The normalized spacial score (nSPS) is 15.0. The molecule has 6 nitrogen and oxygen atoms in total. The molecule has 1 heterocycles. The van der Waals surface area contributed by atoms with Gasteiger partial charge in [-0.3, -0.25) is 4.79 Å². The van der Waals surface area contributed by atoms with Gasteiger partial charge in [-0.2, -0.15) is 0 Å². The number of anilines is 1. The Bertz CT molecular complexity index is 670. The molecular weight excluding hydrogens is 340 g/mol. The minimum atomic E-state index is -0.457. The maximum absolute atomic E-state index is 14.0. The largest absolute Gasteiger partial charge is 0.366 e. The molecule has 1 fully saturated rings. The first-order valence-electron chi connectivity index (χ1n) is 8.46. The molecule has 26 heavy (non-hydrogen) atoms. The second-order valence-electron chi connectivity index (χ2n) is 6.17. The van der Waals surface area contributed by atoms with Crippen LogP contribution >= 0.6 is 0 Å². The molecule has 0 saturated carbocycles. The Morgan fingerprint density at radius 2 is 2.00 bits per heavy atom. The molecule has 1 aliphatic heterocycles. The van der Waals surface area contributed by atoms with Gasteiger partial charge in [-0.05, 0) is 12.1 Å². The van der Waals surface area contributed by atoms with Gasteiger partial charge in [0.25, 0.3) is 0 Å². The van der Waals surface area contributed by atoms with E-state index < -0.39 is 11.6 Å². The zero-order valence-corrected chi connectivity index (χ0v) is 15.2. The van der Waals surface area contributed by atoms with Crippen LogP contribution in [0.5, 0.6) is 0 Å². The van der Waals surface area contributed by atoms with E-state index in [-0.39, 0.29) is 18.1 Å². The molecule has 1 amide bonds. The van der Waals surface area contributed by atoms with Crippen LogP contribution in [0.15, 0.2) is 35.8 Å². The summed E-state index contributed by atoms with van der Waals surface area (Å²) in [5.74, 6) is -0.376. The maximum atomic E-state index is 14.0. The van der Waals surface area contributed by atoms with Crippen molar-refractivity contribution in [1.82, 2.24) is 15.1 Å². The summed E-state index contributed by atoms with van der Waals surface area (Å²) >= 11 is 0. The quantitative estimate of drug-likeness (QED) is 0.486. The van der Waals surface area contributed by atoms with Crippen molar-refractivity contribution in [2.75, 3.05) is 58.3 Å². The van der Waals surface area contributed by atoms with Crippen molar-refractivity contribution in [2.45, 2.75) is 0 Å². The van der Waals surface area contributed by atoms with E-state index in [0.717, 1.165) is 12.1 Å². The maximum Gasteiger partial charge on any atom is 0.243 e. The smallest absolute Gasteiger partial charge is 0.243 e. The van der Waals surface area contributed by atoms with Crippen molar-refractivity contribution < 1.29 is 13.6 Å². The minimum Gasteiger partial charge on any atom is -0.366 e. The number of halogens is 2. The van der Waals surface area contributed by atoms with Gasteiger partial charge in [0.05, 0.1) is 5.69 Å². The highest BCUT2D eigenvalue weighted by Crippen LogP contribution is 2.21. The van der Waals surface area contributed by atoms with Crippen LogP contribution in [-0.2, 0) is 4.79 Å². The van der Waals surface area contributed by atoms with E-state index in [1.165, 1.54) is 11.0 Å². The lowest BCUT2D eigenvalue weighted by molar-refractivity contribution is -0.127. The van der Waals surface area contributed by atoms with Crippen LogP contribution < -0.4 is 10.2 Å². The summed E-state index contributed by atoms with van der Waals surface area (Å²) in [6.07, 6.45) is 1.71. The Balaban J connectivity index is 2.03. The Hall–Kier alpha value is -2.64. The minimum absolute atomic E-state index is 0.0468. The molecule has 8 heteroatoms. The van der Waals surface area contributed by atoms with Gasteiger partial charge < -0.3 is 20.0 Å². The van der Waals surface area contributed by atoms with E-state index in [1.807, 2.05) is 9.80 Å². The van der Waals surface area contributed by atoms with Crippen molar-refractivity contribution in [3.8, 4) is 0 Å². The first-order valence-corrected chi connectivity index (χ1v) is 8.46. The predicted molar refractivity (Wildman–Crippen MR) is 99.3 cm³/mol. The van der Waals surface area contributed by atoms with Crippen molar-refractivity contribution in [3.63, 3.8) is 0 Å². The highest BCUT2D eigenvalue weighted by molar-refractivity contribution is 5.85. The summed E-state index contributed by atoms with van der Waals surface area (Å²) in [7, 11) is 3.36. The van der Waals surface area contributed by atoms with Gasteiger partial charge in [0.2, 0.25) is 5.91 Å². The summed E-state index contributed by atoms with van der Waals surface area (Å²) < 4.78 is 27.4. The number of nitrogens with one attached hydrogen (secondary N) is 1. The number of carbonyl (C=O) groups is 1. The van der Waals surface area contributed by atoms with Crippen LogP contribution in [0.2, 0.25) is 0 Å². The molecule has 1 N–H and O–H groups in total. The zero-order chi connectivity index (χ0) is 19.1. The topological polar surface area (TPSA) is 51.2 Å². The second kappa shape index (κ2) is 9.17. The highest BCUT2D eigenvalue weighted by atomic mass is 19.1. The van der Waals surface area contributed by atoms with E-state index in [1.54, 1.807) is 20.2 Å². The number of piperazine rings is 1. The summed E-state index contributed by atoms with van der Waals surface area (Å²) in [6.45, 7) is 6.45. The first-order chi connectivity index (χ1) is 12.4. The number of guanidine groups is 1. The molecule has 2 rings (SSSR count). The van der Waals surface area contributed by atoms with Gasteiger partial charge in [-0.15, -0.1) is 6.58 Å². The van der Waals surface area contributed by atoms with E-state index in [2.05, 4.69) is 16.9 Å². The average Bonchev–Trinajstić information content (AvgIpc) is 2.63. The van der Waals surface area contributed by atoms with Crippen molar-refractivity contribution >= 4 is 17.6 Å². The molecule has 1 saturated heterocycles. The summed E-state index contributed by atoms with van der Waals surface area (Å²) in [6, 6.07) is 3.47. The molecule has 0 atom stereocenters. The van der Waals surface area contributed by atoms with E-state index in [4.69, 9.17) is 0 Å². The molecule has 1 aromatic rings. The van der Waals surface area contributed by atoms with E-state index in [9.17, 15) is 13.6 Å². The standard InChI is InChI=1S/C18H25F2N5O/c1-4-7-21-18(22-13-17(26)23(2)3)25-10-8-24(9-11-25)16-12-14(19)5-6-15(16)20/h4-6,12H,1,7-11,13H2,2-3H3,(H,21,22). The Morgan fingerprint density at radius 1 is 1.31 bits per heavy atom. The SMILES string of the molecule is C=CCNC(=NCC(=O)N(C)C)N1CCN(c2cc(F)ccc2F)CC1. The zero-order valence-electron chi connectivity index (χ0n) is 15.2. The molecule has 1 aromatic carbocycles. The second-order valence-corrected chi connectivity index (χ2v) is 6.17. The van der Waals surface area contributed by atoms with Gasteiger partial charge in [0.1, 0.15) is 18.2 Å².